The van der Waals surface area contributed by atoms with Gasteiger partial charge in [-0.3, -0.25) is 9.59 Å². The van der Waals surface area contributed by atoms with Crippen molar-refractivity contribution in [3.63, 3.8) is 0 Å². The molecule has 0 fully saturated rings. The molecule has 0 rings (SSSR count). The summed E-state index contributed by atoms with van der Waals surface area (Å²) < 4.78 is 0. The number of carbonyl (C=O) groups is 2. The summed E-state index contributed by atoms with van der Waals surface area (Å²) in [6.45, 7) is 7.98. The van der Waals surface area contributed by atoms with Crippen molar-refractivity contribution in [2.75, 3.05) is 6.54 Å². The Hall–Kier alpha value is -1.06. The molecule has 17 heavy (non-hydrogen) atoms. The molecule has 0 spiro atoms. The maximum Gasteiger partial charge on any atom is 0.308 e. The number of carboxylic acid groups (broad SMARTS) is 1. The van der Waals surface area contributed by atoms with Crippen molar-refractivity contribution in [2.45, 2.75) is 59.4 Å². The highest BCUT2D eigenvalue weighted by Crippen LogP contribution is 2.11. The minimum absolute atomic E-state index is 0.0781. The van der Waals surface area contributed by atoms with Gasteiger partial charge in [-0.1, -0.05) is 27.2 Å². The Morgan fingerprint density at radius 2 is 1.82 bits per heavy atom. The van der Waals surface area contributed by atoms with E-state index in [-0.39, 0.29) is 11.9 Å². The normalized spacial score (nSPS) is 14.1. The molecule has 2 unspecified atom stereocenters. The van der Waals surface area contributed by atoms with Crippen LogP contribution in [0.4, 0.5) is 0 Å². The number of rotatable bonds is 8. The number of hydrogen-bond acceptors (Lipinski definition) is 2. The zero-order valence-corrected chi connectivity index (χ0v) is 11.4. The van der Waals surface area contributed by atoms with Crippen LogP contribution in [-0.4, -0.2) is 34.5 Å². The lowest BCUT2D eigenvalue weighted by atomic mass is 10.1. The summed E-state index contributed by atoms with van der Waals surface area (Å²) in [5.74, 6) is -1.27. The highest BCUT2D eigenvalue weighted by atomic mass is 16.4. The van der Waals surface area contributed by atoms with Crippen LogP contribution in [0, 0.1) is 5.92 Å². The van der Waals surface area contributed by atoms with Crippen molar-refractivity contribution in [3.8, 4) is 0 Å². The molecule has 2 atom stereocenters. The van der Waals surface area contributed by atoms with Gasteiger partial charge in [-0.05, 0) is 19.8 Å². The van der Waals surface area contributed by atoms with Crippen LogP contribution in [0.1, 0.15) is 53.4 Å². The van der Waals surface area contributed by atoms with E-state index in [0.29, 0.717) is 13.0 Å². The minimum Gasteiger partial charge on any atom is -0.481 e. The topological polar surface area (TPSA) is 57.6 Å². The zero-order chi connectivity index (χ0) is 13.4. The van der Waals surface area contributed by atoms with Crippen LogP contribution in [-0.2, 0) is 9.59 Å². The number of hydrogen-bond donors (Lipinski definition) is 1. The average molecular weight is 243 g/mol. The molecule has 1 amide bonds. The monoisotopic (exact) mass is 243 g/mol. The summed E-state index contributed by atoms with van der Waals surface area (Å²) in [5.41, 5.74) is 0. The first-order valence-electron chi connectivity index (χ1n) is 6.46. The van der Waals surface area contributed by atoms with E-state index in [1.54, 1.807) is 11.8 Å². The number of aliphatic carboxylic acids is 1. The standard InChI is InChI=1S/C13H25NO3/c1-5-7-8-12(15)14(11(4)6-2)9-10(3)13(16)17/h10-11H,5-9H2,1-4H3,(H,16,17). The SMILES string of the molecule is CCCCC(=O)N(CC(C)C(=O)O)C(C)CC. The van der Waals surface area contributed by atoms with E-state index in [2.05, 4.69) is 0 Å². The van der Waals surface area contributed by atoms with E-state index in [1.165, 1.54) is 0 Å². The average Bonchev–Trinajstić information content (AvgIpc) is 2.31. The Bertz CT molecular complexity index is 253. The second-order valence-corrected chi connectivity index (χ2v) is 4.65. The smallest absolute Gasteiger partial charge is 0.308 e. The fourth-order valence-corrected chi connectivity index (χ4v) is 1.59. The predicted octanol–water partition coefficient (Wildman–Crippen LogP) is 2.52. The van der Waals surface area contributed by atoms with E-state index >= 15 is 0 Å². The van der Waals surface area contributed by atoms with Gasteiger partial charge in [0.25, 0.3) is 0 Å². The Morgan fingerprint density at radius 3 is 2.24 bits per heavy atom. The Balaban J connectivity index is 4.52. The van der Waals surface area contributed by atoms with Gasteiger partial charge in [0.2, 0.25) is 5.91 Å². The third-order valence-corrected chi connectivity index (χ3v) is 3.08. The highest BCUT2D eigenvalue weighted by Gasteiger charge is 2.23. The first kappa shape index (κ1) is 15.9. The van der Waals surface area contributed by atoms with Gasteiger partial charge in [-0.25, -0.2) is 0 Å². The summed E-state index contributed by atoms with van der Waals surface area (Å²) in [7, 11) is 0. The van der Waals surface area contributed by atoms with E-state index in [4.69, 9.17) is 5.11 Å². The number of unbranched alkanes of at least 4 members (excludes halogenated alkanes) is 1. The van der Waals surface area contributed by atoms with E-state index in [9.17, 15) is 9.59 Å². The molecular weight excluding hydrogens is 218 g/mol. The largest absolute Gasteiger partial charge is 0.481 e. The van der Waals surface area contributed by atoms with Crippen LogP contribution in [0.15, 0.2) is 0 Å². The summed E-state index contributed by atoms with van der Waals surface area (Å²) >= 11 is 0. The predicted molar refractivity (Wildman–Crippen MR) is 67.8 cm³/mol. The van der Waals surface area contributed by atoms with Crippen molar-refractivity contribution in [3.05, 3.63) is 0 Å². The van der Waals surface area contributed by atoms with Gasteiger partial charge in [0.15, 0.2) is 0 Å². The van der Waals surface area contributed by atoms with Crippen molar-refractivity contribution in [1.82, 2.24) is 4.90 Å². The molecule has 0 heterocycles. The van der Waals surface area contributed by atoms with Gasteiger partial charge >= 0.3 is 5.97 Å². The number of amides is 1. The molecule has 0 aromatic carbocycles. The molecule has 0 aromatic rings. The molecule has 0 aromatic heterocycles. The van der Waals surface area contributed by atoms with Crippen molar-refractivity contribution >= 4 is 11.9 Å². The lowest BCUT2D eigenvalue weighted by Crippen LogP contribution is -2.42. The van der Waals surface area contributed by atoms with Crippen LogP contribution in [0.2, 0.25) is 0 Å². The van der Waals surface area contributed by atoms with Crippen molar-refractivity contribution < 1.29 is 14.7 Å². The molecule has 4 heteroatoms. The third kappa shape index (κ3) is 5.71. The summed E-state index contributed by atoms with van der Waals surface area (Å²) in [6, 6.07) is 0.112. The first-order valence-corrected chi connectivity index (χ1v) is 6.46. The van der Waals surface area contributed by atoms with E-state index < -0.39 is 11.9 Å². The maximum atomic E-state index is 12.0. The fourth-order valence-electron chi connectivity index (χ4n) is 1.59. The molecule has 4 nitrogen and oxygen atoms in total. The lowest BCUT2D eigenvalue weighted by Gasteiger charge is -2.30. The molecule has 1 N–H and O–H groups in total. The van der Waals surface area contributed by atoms with Crippen molar-refractivity contribution in [2.24, 2.45) is 5.92 Å². The first-order chi connectivity index (χ1) is 7.93. The van der Waals surface area contributed by atoms with Gasteiger partial charge in [0, 0.05) is 19.0 Å². The highest BCUT2D eigenvalue weighted by molar-refractivity contribution is 5.77. The van der Waals surface area contributed by atoms with Gasteiger partial charge in [-0.15, -0.1) is 0 Å². The Morgan fingerprint density at radius 1 is 1.24 bits per heavy atom. The fraction of sp³-hybridized carbons (Fsp3) is 0.846. The Kier molecular flexibility index (Phi) is 7.59. The van der Waals surface area contributed by atoms with Crippen LogP contribution < -0.4 is 0 Å². The lowest BCUT2D eigenvalue weighted by molar-refractivity contribution is -0.143. The molecular formula is C13H25NO3. The summed E-state index contributed by atoms with van der Waals surface area (Å²) in [5, 5.41) is 8.91. The van der Waals surface area contributed by atoms with Gasteiger partial charge in [0.1, 0.15) is 0 Å². The third-order valence-electron chi connectivity index (χ3n) is 3.08. The number of carbonyl (C=O) groups excluding carboxylic acids is 1. The van der Waals surface area contributed by atoms with Gasteiger partial charge in [0.05, 0.1) is 5.92 Å². The second kappa shape index (κ2) is 8.09. The zero-order valence-electron chi connectivity index (χ0n) is 11.4. The summed E-state index contributed by atoms with van der Waals surface area (Å²) in [4.78, 5) is 24.6. The Labute approximate surface area is 104 Å². The van der Waals surface area contributed by atoms with Crippen molar-refractivity contribution in [1.29, 1.82) is 0 Å². The second-order valence-electron chi connectivity index (χ2n) is 4.65. The molecule has 100 valence electrons. The molecule has 0 aliphatic heterocycles. The summed E-state index contributed by atoms with van der Waals surface area (Å²) in [6.07, 6.45) is 3.22. The van der Waals surface area contributed by atoms with Crippen LogP contribution in [0.25, 0.3) is 0 Å². The molecule has 0 bridgehead atoms. The minimum atomic E-state index is -0.846. The van der Waals surface area contributed by atoms with Gasteiger partial charge in [-0.2, -0.15) is 0 Å². The quantitative estimate of drug-likeness (QED) is 0.712. The number of carboxylic acids is 1. The maximum absolute atomic E-state index is 12.0. The van der Waals surface area contributed by atoms with E-state index in [1.807, 2.05) is 20.8 Å². The van der Waals surface area contributed by atoms with Crippen LogP contribution in [0.3, 0.4) is 0 Å². The van der Waals surface area contributed by atoms with Gasteiger partial charge < -0.3 is 10.0 Å². The molecule has 0 radical (unpaired) electrons. The van der Waals surface area contributed by atoms with Crippen LogP contribution in [0.5, 0.6) is 0 Å². The molecule has 0 aliphatic carbocycles. The molecule has 0 saturated heterocycles. The molecule has 0 aliphatic rings. The number of nitrogens with zero attached hydrogens (tertiary/aromatic N) is 1. The van der Waals surface area contributed by atoms with Crippen LogP contribution >= 0.6 is 0 Å². The van der Waals surface area contributed by atoms with E-state index in [0.717, 1.165) is 19.3 Å². The molecule has 0 saturated carbocycles.